The third-order valence-corrected chi connectivity index (χ3v) is 5.03. The number of hydrogen-bond acceptors (Lipinski definition) is 4. The molecule has 0 bridgehead atoms. The maximum atomic E-state index is 12.2. The highest BCUT2D eigenvalue weighted by atomic mass is 35.5. The molecule has 1 saturated heterocycles. The lowest BCUT2D eigenvalue weighted by molar-refractivity contribution is 0.0984. The molecule has 0 atom stereocenters. The SMILES string of the molecule is Nc1ccc(Cl)c(NS(=O)(=O)C2CCOCC2)c1. The van der Waals surface area contributed by atoms with Crippen molar-refractivity contribution in [1.29, 1.82) is 0 Å². The van der Waals surface area contributed by atoms with Gasteiger partial charge in [-0.1, -0.05) is 11.6 Å². The van der Waals surface area contributed by atoms with Crippen LogP contribution in [0.4, 0.5) is 11.4 Å². The lowest BCUT2D eigenvalue weighted by Crippen LogP contribution is -2.33. The zero-order valence-electron chi connectivity index (χ0n) is 9.73. The van der Waals surface area contributed by atoms with E-state index in [2.05, 4.69) is 4.72 Å². The van der Waals surface area contributed by atoms with E-state index in [0.717, 1.165) is 0 Å². The molecule has 0 aliphatic carbocycles. The average Bonchev–Trinajstić information content (AvgIpc) is 2.35. The Hall–Kier alpha value is -0.980. The van der Waals surface area contributed by atoms with Gasteiger partial charge in [0.2, 0.25) is 10.0 Å². The lowest BCUT2D eigenvalue weighted by atomic mass is 10.2. The predicted octanol–water partition coefficient (Wildman–Crippen LogP) is 1.84. The third-order valence-electron chi connectivity index (χ3n) is 2.85. The van der Waals surface area contributed by atoms with Crippen molar-refractivity contribution in [2.45, 2.75) is 18.1 Å². The molecular weight excluding hydrogens is 276 g/mol. The van der Waals surface area contributed by atoms with Gasteiger partial charge in [0.05, 0.1) is 16.0 Å². The molecule has 1 fully saturated rings. The minimum Gasteiger partial charge on any atom is -0.399 e. The molecule has 1 heterocycles. The average molecular weight is 291 g/mol. The van der Waals surface area contributed by atoms with Gasteiger partial charge < -0.3 is 10.5 Å². The first-order valence-electron chi connectivity index (χ1n) is 5.63. The molecule has 1 aliphatic heterocycles. The molecule has 2 rings (SSSR count). The van der Waals surface area contributed by atoms with Crippen LogP contribution < -0.4 is 10.5 Å². The first-order chi connectivity index (χ1) is 8.49. The van der Waals surface area contributed by atoms with Crippen molar-refractivity contribution in [1.82, 2.24) is 0 Å². The number of rotatable bonds is 3. The van der Waals surface area contributed by atoms with Crippen LogP contribution in [0.1, 0.15) is 12.8 Å². The maximum absolute atomic E-state index is 12.2. The quantitative estimate of drug-likeness (QED) is 0.832. The number of halogens is 1. The second kappa shape index (κ2) is 5.34. The van der Waals surface area contributed by atoms with Crippen LogP contribution in [0.25, 0.3) is 0 Å². The van der Waals surface area contributed by atoms with Crippen molar-refractivity contribution < 1.29 is 13.2 Å². The Morgan fingerprint density at radius 3 is 2.67 bits per heavy atom. The van der Waals surface area contributed by atoms with Crippen molar-refractivity contribution in [3.8, 4) is 0 Å². The monoisotopic (exact) mass is 290 g/mol. The second-order valence-electron chi connectivity index (χ2n) is 4.20. The van der Waals surface area contributed by atoms with E-state index in [9.17, 15) is 8.42 Å². The molecule has 0 saturated carbocycles. The van der Waals surface area contributed by atoms with Crippen LogP contribution in [0, 0.1) is 0 Å². The summed E-state index contributed by atoms with van der Waals surface area (Å²) in [6.45, 7) is 0.937. The van der Waals surface area contributed by atoms with E-state index in [1.165, 1.54) is 6.07 Å². The molecule has 1 aromatic carbocycles. The molecule has 0 unspecified atom stereocenters. The van der Waals surface area contributed by atoms with Gasteiger partial charge in [-0.05, 0) is 31.0 Å². The minimum atomic E-state index is -3.45. The summed E-state index contributed by atoms with van der Waals surface area (Å²) in [4.78, 5) is 0. The normalized spacial score (nSPS) is 17.6. The van der Waals surface area contributed by atoms with E-state index in [-0.39, 0.29) is 0 Å². The Morgan fingerprint density at radius 1 is 1.33 bits per heavy atom. The fraction of sp³-hybridized carbons (Fsp3) is 0.455. The van der Waals surface area contributed by atoms with Gasteiger partial charge in [-0.2, -0.15) is 0 Å². The summed E-state index contributed by atoms with van der Waals surface area (Å²) in [5.74, 6) is 0. The van der Waals surface area contributed by atoms with Crippen molar-refractivity contribution in [3.63, 3.8) is 0 Å². The first kappa shape index (κ1) is 13.5. The molecular formula is C11H15ClN2O3S. The summed E-state index contributed by atoms with van der Waals surface area (Å²) in [5, 5.41) is -0.108. The molecule has 0 amide bonds. The third kappa shape index (κ3) is 3.07. The Balaban J connectivity index is 2.18. The Morgan fingerprint density at radius 2 is 2.00 bits per heavy atom. The Labute approximate surface area is 111 Å². The number of nitrogen functional groups attached to an aromatic ring is 1. The van der Waals surface area contributed by atoms with E-state index >= 15 is 0 Å². The predicted molar refractivity (Wildman–Crippen MR) is 72.2 cm³/mol. The van der Waals surface area contributed by atoms with E-state index in [0.29, 0.717) is 42.5 Å². The lowest BCUT2D eigenvalue weighted by Gasteiger charge is -2.23. The summed E-state index contributed by atoms with van der Waals surface area (Å²) >= 11 is 5.93. The van der Waals surface area contributed by atoms with Gasteiger partial charge in [-0.3, -0.25) is 4.72 Å². The highest BCUT2D eigenvalue weighted by Gasteiger charge is 2.28. The van der Waals surface area contributed by atoms with E-state index in [1.54, 1.807) is 12.1 Å². The first-order valence-corrected chi connectivity index (χ1v) is 7.56. The largest absolute Gasteiger partial charge is 0.399 e. The molecule has 0 aromatic heterocycles. The van der Waals surface area contributed by atoms with Crippen LogP contribution in [0.2, 0.25) is 5.02 Å². The van der Waals surface area contributed by atoms with Crippen LogP contribution in [0.3, 0.4) is 0 Å². The maximum Gasteiger partial charge on any atom is 0.235 e. The fourth-order valence-corrected chi connectivity index (χ4v) is 3.52. The van der Waals surface area contributed by atoms with Crippen LogP contribution in [0.5, 0.6) is 0 Å². The number of benzene rings is 1. The molecule has 7 heteroatoms. The highest BCUT2D eigenvalue weighted by Crippen LogP contribution is 2.27. The van der Waals surface area contributed by atoms with Crippen molar-refractivity contribution >= 4 is 33.0 Å². The van der Waals surface area contributed by atoms with Crippen LogP contribution >= 0.6 is 11.6 Å². The summed E-state index contributed by atoms with van der Waals surface area (Å²) in [7, 11) is -3.45. The number of nitrogens with two attached hydrogens (primary N) is 1. The minimum absolute atomic E-state index is 0.322. The van der Waals surface area contributed by atoms with E-state index in [1.807, 2.05) is 0 Å². The van der Waals surface area contributed by atoms with Crippen molar-refractivity contribution in [2.24, 2.45) is 0 Å². The molecule has 100 valence electrons. The molecule has 0 spiro atoms. The fourth-order valence-electron chi connectivity index (χ4n) is 1.84. The van der Waals surface area contributed by atoms with Gasteiger partial charge in [-0.15, -0.1) is 0 Å². The molecule has 3 N–H and O–H groups in total. The molecule has 5 nitrogen and oxygen atoms in total. The van der Waals surface area contributed by atoms with Gasteiger partial charge in [0, 0.05) is 18.9 Å². The van der Waals surface area contributed by atoms with Gasteiger partial charge in [0.15, 0.2) is 0 Å². The summed E-state index contributed by atoms with van der Waals surface area (Å²) in [5.41, 5.74) is 6.40. The van der Waals surface area contributed by atoms with Gasteiger partial charge in [-0.25, -0.2) is 8.42 Å². The summed E-state index contributed by atoms with van der Waals surface area (Å²) < 4.78 is 32.0. The standard InChI is InChI=1S/C11H15ClN2O3S/c12-10-2-1-8(13)7-11(10)14-18(15,16)9-3-5-17-6-4-9/h1-2,7,9,14H,3-6,13H2. The number of anilines is 2. The Kier molecular flexibility index (Phi) is 3.99. The molecule has 18 heavy (non-hydrogen) atoms. The number of nitrogens with one attached hydrogen (secondary N) is 1. The number of sulfonamides is 1. The zero-order chi connectivity index (χ0) is 13.2. The van der Waals surface area contributed by atoms with Crippen molar-refractivity contribution in [2.75, 3.05) is 23.7 Å². The summed E-state index contributed by atoms with van der Waals surface area (Å²) in [6, 6.07) is 4.70. The van der Waals surface area contributed by atoms with Gasteiger partial charge in [0.25, 0.3) is 0 Å². The van der Waals surface area contributed by atoms with Gasteiger partial charge in [0.1, 0.15) is 0 Å². The van der Waals surface area contributed by atoms with Crippen LogP contribution in [0.15, 0.2) is 18.2 Å². The summed E-state index contributed by atoms with van der Waals surface area (Å²) in [6.07, 6.45) is 0.991. The van der Waals surface area contributed by atoms with Gasteiger partial charge >= 0.3 is 0 Å². The number of hydrogen-bond donors (Lipinski definition) is 2. The van der Waals surface area contributed by atoms with E-state index in [4.69, 9.17) is 22.1 Å². The number of ether oxygens (including phenoxy) is 1. The van der Waals surface area contributed by atoms with Crippen LogP contribution in [-0.2, 0) is 14.8 Å². The topological polar surface area (TPSA) is 81.4 Å². The second-order valence-corrected chi connectivity index (χ2v) is 6.57. The van der Waals surface area contributed by atoms with Crippen molar-refractivity contribution in [3.05, 3.63) is 23.2 Å². The molecule has 0 radical (unpaired) electrons. The highest BCUT2D eigenvalue weighted by molar-refractivity contribution is 7.93. The Bertz CT molecular complexity index is 527. The smallest absolute Gasteiger partial charge is 0.235 e. The van der Waals surface area contributed by atoms with Crippen LogP contribution in [-0.4, -0.2) is 26.9 Å². The molecule has 1 aromatic rings. The van der Waals surface area contributed by atoms with E-state index < -0.39 is 15.3 Å². The molecule has 1 aliphatic rings. The zero-order valence-corrected chi connectivity index (χ0v) is 11.3.